The highest BCUT2D eigenvalue weighted by atomic mass is 32.2. The van der Waals surface area contributed by atoms with Crippen molar-refractivity contribution in [2.24, 2.45) is 0 Å². The van der Waals surface area contributed by atoms with Gasteiger partial charge in [-0.1, -0.05) is 33.3 Å². The second-order valence-electron chi connectivity index (χ2n) is 14.9. The molecule has 0 radical (unpaired) electrons. The normalized spacial score (nSPS) is 15.9. The van der Waals surface area contributed by atoms with Crippen LogP contribution in [0.15, 0.2) is 48.9 Å². The molecular weight excluding hydrogens is 615 g/mol. The van der Waals surface area contributed by atoms with Crippen molar-refractivity contribution in [1.29, 1.82) is 0 Å². The first-order chi connectivity index (χ1) is 21.6. The number of pyridine rings is 1. The van der Waals surface area contributed by atoms with Gasteiger partial charge in [0, 0.05) is 45.1 Å². The van der Waals surface area contributed by atoms with Gasteiger partial charge in [0.25, 0.3) is 0 Å². The van der Waals surface area contributed by atoms with E-state index in [0.29, 0.717) is 37.1 Å². The maximum Gasteiger partial charge on any atom is 0.192 e. The zero-order valence-corrected chi connectivity index (χ0v) is 30.7. The summed E-state index contributed by atoms with van der Waals surface area (Å²) < 4.78 is 32.7. The monoisotopic (exact) mass is 663 g/mol. The first kappa shape index (κ1) is 34.3. The lowest BCUT2D eigenvalue weighted by Gasteiger charge is -2.42. The number of hydrogen-bond donors (Lipinski definition) is 0. The van der Waals surface area contributed by atoms with Crippen molar-refractivity contribution in [2.75, 3.05) is 26.1 Å². The minimum atomic E-state index is -1.96. The molecule has 0 unspecified atom stereocenters. The van der Waals surface area contributed by atoms with E-state index in [0.717, 1.165) is 52.8 Å². The molecule has 5 rings (SSSR count). The molecule has 0 saturated heterocycles. The highest BCUT2D eigenvalue weighted by molar-refractivity contribution is 7.86. The highest BCUT2D eigenvalue weighted by Gasteiger charge is 2.43. The summed E-state index contributed by atoms with van der Waals surface area (Å²) in [5, 5.41) is 5.68. The molecule has 1 aliphatic rings. The van der Waals surface area contributed by atoms with Crippen LogP contribution in [0.25, 0.3) is 28.0 Å². The number of aromatic nitrogens is 5. The fourth-order valence-corrected chi connectivity index (χ4v) is 7.57. The minimum absolute atomic E-state index is 0.0964. The second kappa shape index (κ2) is 13.3. The molecule has 1 saturated carbocycles. The molecule has 3 aromatic heterocycles. The predicted molar refractivity (Wildman–Crippen MR) is 188 cm³/mol. The third-order valence-corrected chi connectivity index (χ3v) is 16.1. The largest absolute Gasteiger partial charge is 0.490 e. The number of rotatable bonds is 12. The van der Waals surface area contributed by atoms with Crippen molar-refractivity contribution in [3.63, 3.8) is 0 Å². The summed E-state index contributed by atoms with van der Waals surface area (Å²) in [7, 11) is -1.27. The van der Waals surface area contributed by atoms with Crippen molar-refractivity contribution < 1.29 is 18.1 Å². The number of methoxy groups -OCH3 is 1. The maximum atomic E-state index is 13.2. The fraction of sp³-hybridized carbons (Fsp3) is 0.543. The third-order valence-electron chi connectivity index (χ3n) is 9.46. The molecule has 46 heavy (non-hydrogen) atoms. The van der Waals surface area contributed by atoms with Gasteiger partial charge in [0.2, 0.25) is 0 Å². The van der Waals surface area contributed by atoms with E-state index in [2.05, 4.69) is 57.0 Å². The summed E-state index contributed by atoms with van der Waals surface area (Å²) in [5.74, 6) is 1.92. The Hall–Kier alpha value is -2.99. The second-order valence-corrected chi connectivity index (χ2v) is 21.9. The zero-order chi connectivity index (χ0) is 33.3. The van der Waals surface area contributed by atoms with Gasteiger partial charge in [0.15, 0.2) is 14.1 Å². The molecule has 0 bridgehead atoms. The Morgan fingerprint density at radius 3 is 2.41 bits per heavy atom. The van der Waals surface area contributed by atoms with Crippen molar-refractivity contribution >= 4 is 30.0 Å². The molecule has 248 valence electrons. The number of nitrogens with zero attached hydrogens (tertiary/aromatic N) is 5. The summed E-state index contributed by atoms with van der Waals surface area (Å²) in [6.45, 7) is 18.5. The van der Waals surface area contributed by atoms with Gasteiger partial charge in [-0.25, -0.2) is 9.67 Å². The maximum absolute atomic E-state index is 13.2. The summed E-state index contributed by atoms with van der Waals surface area (Å²) in [4.78, 5) is 14.6. The molecule has 9 nitrogen and oxygen atoms in total. The molecule has 1 atom stereocenters. The first-order valence-corrected chi connectivity index (χ1v) is 20.3. The summed E-state index contributed by atoms with van der Waals surface area (Å²) in [5.41, 5.74) is 4.16. The van der Waals surface area contributed by atoms with Crippen LogP contribution in [0.2, 0.25) is 18.1 Å². The molecular formula is C35H49N5O4SSi. The van der Waals surface area contributed by atoms with Gasteiger partial charge in [-0.3, -0.25) is 14.2 Å². The van der Waals surface area contributed by atoms with E-state index in [4.69, 9.17) is 29.0 Å². The lowest BCUT2D eigenvalue weighted by atomic mass is 9.68. The van der Waals surface area contributed by atoms with Crippen LogP contribution in [0.4, 0.5) is 0 Å². The molecule has 11 heteroatoms. The lowest BCUT2D eigenvalue weighted by Crippen LogP contribution is -2.43. The topological polar surface area (TPSA) is 101 Å². The van der Waals surface area contributed by atoms with E-state index in [9.17, 15) is 4.21 Å². The van der Waals surface area contributed by atoms with E-state index in [1.54, 1.807) is 30.4 Å². The van der Waals surface area contributed by atoms with Crippen LogP contribution in [0.5, 0.6) is 5.75 Å². The summed E-state index contributed by atoms with van der Waals surface area (Å²) in [6.07, 6.45) is 8.39. The summed E-state index contributed by atoms with van der Waals surface area (Å²) in [6, 6.07) is 10.3. The van der Waals surface area contributed by atoms with Crippen molar-refractivity contribution in [2.45, 2.75) is 95.7 Å². The molecule has 0 aliphatic heterocycles. The number of fused-ring (bicyclic) bond motifs is 1. The lowest BCUT2D eigenvalue weighted by molar-refractivity contribution is 0.147. The van der Waals surface area contributed by atoms with Gasteiger partial charge < -0.3 is 13.9 Å². The van der Waals surface area contributed by atoms with E-state index >= 15 is 0 Å². The Bertz CT molecular complexity index is 1710. The molecule has 0 N–H and O–H groups in total. The average molecular weight is 664 g/mol. The van der Waals surface area contributed by atoms with Gasteiger partial charge >= 0.3 is 0 Å². The van der Waals surface area contributed by atoms with Crippen LogP contribution < -0.4 is 4.74 Å². The molecule has 0 amide bonds. The van der Waals surface area contributed by atoms with Gasteiger partial charge in [0.1, 0.15) is 12.4 Å². The Morgan fingerprint density at radius 1 is 1.00 bits per heavy atom. The third kappa shape index (κ3) is 7.27. The molecule has 3 heterocycles. The number of ether oxygens (including phenoxy) is 2. The van der Waals surface area contributed by atoms with Crippen LogP contribution in [-0.4, -0.2) is 68.1 Å². The van der Waals surface area contributed by atoms with E-state index in [-0.39, 0.29) is 15.2 Å². The molecule has 0 spiro atoms. The number of hydrogen-bond acceptors (Lipinski definition) is 8. The highest BCUT2D eigenvalue weighted by Crippen LogP contribution is 2.45. The Morgan fingerprint density at radius 2 is 1.76 bits per heavy atom. The van der Waals surface area contributed by atoms with Crippen LogP contribution in [0.3, 0.4) is 0 Å². The van der Waals surface area contributed by atoms with Crippen LogP contribution in [-0.2, 0) is 32.0 Å². The Labute approximate surface area is 277 Å². The SMILES string of the molecule is COCCOc1cc(-c2cccc(C3(C[S@](=O)C(C)(C)C)CCC3)n2)cc2c1cnn2-c1cncc(CO[Si](C)(C)C(C)(C)C)n1. The van der Waals surface area contributed by atoms with Crippen LogP contribution in [0, 0.1) is 0 Å². The average Bonchev–Trinajstić information content (AvgIpc) is 3.41. The van der Waals surface area contributed by atoms with Gasteiger partial charge in [-0.15, -0.1) is 0 Å². The Kier molecular flexibility index (Phi) is 9.89. The van der Waals surface area contributed by atoms with Gasteiger partial charge in [-0.2, -0.15) is 5.10 Å². The van der Waals surface area contributed by atoms with Crippen molar-refractivity contribution in [3.8, 4) is 22.8 Å². The van der Waals surface area contributed by atoms with E-state index in [1.165, 1.54) is 0 Å². The summed E-state index contributed by atoms with van der Waals surface area (Å²) >= 11 is 0. The number of benzene rings is 1. The Balaban J connectivity index is 1.53. The van der Waals surface area contributed by atoms with E-state index < -0.39 is 19.1 Å². The van der Waals surface area contributed by atoms with Gasteiger partial charge in [-0.05, 0) is 76.0 Å². The zero-order valence-electron chi connectivity index (χ0n) is 28.8. The van der Waals surface area contributed by atoms with Crippen LogP contribution in [0.1, 0.15) is 72.2 Å². The van der Waals surface area contributed by atoms with Crippen LogP contribution >= 0.6 is 0 Å². The predicted octanol–water partition coefficient (Wildman–Crippen LogP) is 7.39. The molecule has 4 aromatic rings. The van der Waals surface area contributed by atoms with E-state index in [1.807, 2.05) is 32.9 Å². The van der Waals surface area contributed by atoms with Gasteiger partial charge in [0.05, 0.1) is 54.1 Å². The minimum Gasteiger partial charge on any atom is -0.490 e. The fourth-order valence-electron chi connectivity index (χ4n) is 5.25. The molecule has 1 aromatic carbocycles. The first-order valence-electron chi connectivity index (χ1n) is 16.1. The van der Waals surface area contributed by atoms with Crippen molar-refractivity contribution in [3.05, 3.63) is 60.3 Å². The standard InChI is InChI=1S/C35H49N5O4SSi/c1-33(2,3)45(41)24-35(14-11-15-35)31-13-10-12-28(39-31)25-18-29-27(30(19-25)43-17-16-42-7)21-37-40(29)32-22-36-20-26(38-32)23-44-46(8,9)34(4,5)6/h10,12-13,18-22H,11,14-17,23-24H2,1-9H3/t45-/m0/s1. The molecule has 1 fully saturated rings. The smallest absolute Gasteiger partial charge is 0.192 e. The van der Waals surface area contributed by atoms with Crippen molar-refractivity contribution in [1.82, 2.24) is 24.7 Å². The molecule has 1 aliphatic carbocycles. The quantitative estimate of drug-likeness (QED) is 0.114.